The second-order valence-corrected chi connectivity index (χ2v) is 7.23. The summed E-state index contributed by atoms with van der Waals surface area (Å²) in [6.45, 7) is 5.56. The third-order valence-corrected chi connectivity index (χ3v) is 5.29. The molecule has 2 N–H and O–H groups in total. The number of aromatic hydroxyl groups is 1. The summed E-state index contributed by atoms with van der Waals surface area (Å²) >= 11 is 0. The highest BCUT2D eigenvalue weighted by molar-refractivity contribution is 6.21. The lowest BCUT2D eigenvalue weighted by atomic mass is 9.97. The molecule has 2 aromatic rings. The Balaban J connectivity index is 1.74. The van der Waals surface area contributed by atoms with E-state index in [1.54, 1.807) is 18.5 Å². The molecule has 4 heterocycles. The second kappa shape index (κ2) is 7.59. The predicted molar refractivity (Wildman–Crippen MR) is 109 cm³/mol. The van der Waals surface area contributed by atoms with Gasteiger partial charge in [0.15, 0.2) is 23.1 Å². The van der Waals surface area contributed by atoms with Crippen LogP contribution in [-0.4, -0.2) is 40.2 Å². The van der Waals surface area contributed by atoms with Crippen molar-refractivity contribution in [3.05, 3.63) is 35.2 Å². The van der Waals surface area contributed by atoms with Crippen molar-refractivity contribution < 1.29 is 14.3 Å². The molecule has 0 aliphatic carbocycles. The number of pyridine rings is 1. The maximum absolute atomic E-state index is 12.9. The number of rotatable bonds is 6. The van der Waals surface area contributed by atoms with Crippen molar-refractivity contribution >= 4 is 35.3 Å². The highest BCUT2D eigenvalue weighted by Gasteiger charge is 2.29. The molecule has 1 atom stereocenters. The summed E-state index contributed by atoms with van der Waals surface area (Å²) < 4.78 is 5.92. The van der Waals surface area contributed by atoms with Crippen LogP contribution in [0.15, 0.2) is 27.7 Å². The summed E-state index contributed by atoms with van der Waals surface area (Å²) in [5.74, 6) is 0.708. The summed E-state index contributed by atoms with van der Waals surface area (Å²) in [5, 5.41) is 12.8. The van der Waals surface area contributed by atoms with E-state index in [2.05, 4.69) is 15.4 Å². The van der Waals surface area contributed by atoms with E-state index in [1.807, 2.05) is 31.0 Å². The molecule has 7 heteroatoms. The summed E-state index contributed by atoms with van der Waals surface area (Å²) in [5.41, 5.74) is 5.05. The van der Waals surface area contributed by atoms with Gasteiger partial charge in [0.1, 0.15) is 5.56 Å². The van der Waals surface area contributed by atoms with E-state index >= 15 is 0 Å². The molecule has 1 saturated heterocycles. The zero-order valence-electron chi connectivity index (χ0n) is 16.1. The molecule has 0 bridgehead atoms. The molecule has 1 fully saturated rings. The van der Waals surface area contributed by atoms with Gasteiger partial charge in [0.05, 0.1) is 0 Å². The Kier molecular flexibility index (Phi) is 5.00. The van der Waals surface area contributed by atoms with Crippen molar-refractivity contribution in [3.63, 3.8) is 0 Å². The molecule has 2 aliphatic rings. The first-order chi connectivity index (χ1) is 13.6. The number of hydrogen-bond donors (Lipinski definition) is 2. The maximum Gasteiger partial charge on any atom is 0.222 e. The molecular formula is C21H24N4O3. The number of hydrazine groups is 1. The number of nitrogens with one attached hydrogen (secondary N) is 1. The van der Waals surface area contributed by atoms with Crippen LogP contribution >= 0.6 is 0 Å². The number of aromatic nitrogens is 1. The van der Waals surface area contributed by atoms with E-state index in [4.69, 9.17) is 4.42 Å². The lowest BCUT2D eigenvalue weighted by Gasteiger charge is -2.17. The molecule has 146 valence electrons. The van der Waals surface area contributed by atoms with Gasteiger partial charge in [-0.3, -0.25) is 10.2 Å². The van der Waals surface area contributed by atoms with Gasteiger partial charge >= 0.3 is 0 Å². The van der Waals surface area contributed by atoms with Crippen molar-refractivity contribution in [1.82, 2.24) is 9.99 Å². The van der Waals surface area contributed by atoms with E-state index in [-0.39, 0.29) is 28.8 Å². The fraction of sp³-hybridized carbons (Fsp3) is 0.381. The van der Waals surface area contributed by atoms with Gasteiger partial charge in [-0.15, -0.1) is 0 Å². The Hall–Kier alpha value is -2.93. The van der Waals surface area contributed by atoms with Crippen molar-refractivity contribution in [2.75, 3.05) is 18.5 Å². The first-order valence-corrected chi connectivity index (χ1v) is 9.71. The highest BCUT2D eigenvalue weighted by Crippen LogP contribution is 2.39. The largest absolute Gasteiger partial charge is 0.504 e. The Bertz CT molecular complexity index is 955. The number of anilines is 1. The average Bonchev–Trinajstić information content (AvgIpc) is 3.42. The summed E-state index contributed by atoms with van der Waals surface area (Å²) in [6, 6.07) is 3.75. The fourth-order valence-corrected chi connectivity index (χ4v) is 3.43. The van der Waals surface area contributed by atoms with Crippen molar-refractivity contribution in [2.45, 2.75) is 33.1 Å². The first kappa shape index (κ1) is 18.4. The number of furan rings is 1. The Morgan fingerprint density at radius 1 is 1.43 bits per heavy atom. The quantitative estimate of drug-likeness (QED) is 0.727. The Morgan fingerprint density at radius 3 is 2.96 bits per heavy atom. The van der Waals surface area contributed by atoms with Crippen LogP contribution in [0.5, 0.6) is 5.75 Å². The topological polar surface area (TPSA) is 91.0 Å². The predicted octanol–water partition coefficient (Wildman–Crippen LogP) is 4.29. The SMILES string of the molecule is CCC(C)C(=O)c1c(NN2CCCC2)oc(C=C2C=Nc3ncccc32)c1O. The number of aliphatic imine (C=N–C) groups is 1. The monoisotopic (exact) mass is 380 g/mol. The molecule has 0 amide bonds. The Morgan fingerprint density at radius 2 is 2.21 bits per heavy atom. The second-order valence-electron chi connectivity index (χ2n) is 7.23. The van der Waals surface area contributed by atoms with Gasteiger partial charge in [-0.2, -0.15) is 0 Å². The number of fused-ring (bicyclic) bond motifs is 1. The van der Waals surface area contributed by atoms with Gasteiger partial charge < -0.3 is 9.52 Å². The minimum Gasteiger partial charge on any atom is -0.504 e. The summed E-state index contributed by atoms with van der Waals surface area (Å²) in [4.78, 5) is 21.4. The molecule has 7 nitrogen and oxygen atoms in total. The molecule has 0 saturated carbocycles. The van der Waals surface area contributed by atoms with Crippen LogP contribution in [0.3, 0.4) is 0 Å². The van der Waals surface area contributed by atoms with E-state index in [0.29, 0.717) is 18.1 Å². The Labute approximate surface area is 163 Å². The van der Waals surface area contributed by atoms with Gasteiger partial charge in [0, 0.05) is 42.6 Å². The molecular weight excluding hydrogens is 356 g/mol. The van der Waals surface area contributed by atoms with Crippen LogP contribution in [0, 0.1) is 5.92 Å². The van der Waals surface area contributed by atoms with E-state index in [1.165, 1.54) is 0 Å². The number of allylic oxidation sites excluding steroid dienone is 1. The minimum atomic E-state index is -0.207. The van der Waals surface area contributed by atoms with Crippen LogP contribution in [-0.2, 0) is 0 Å². The average molecular weight is 380 g/mol. The number of ketones is 1. The number of carbonyl (C=O) groups excluding carboxylic acids is 1. The summed E-state index contributed by atoms with van der Waals surface area (Å²) in [6.07, 6.45) is 7.94. The molecule has 0 spiro atoms. The van der Waals surface area contributed by atoms with Crippen molar-refractivity contribution in [3.8, 4) is 5.75 Å². The van der Waals surface area contributed by atoms with Gasteiger partial charge in [0.25, 0.3) is 0 Å². The lowest BCUT2D eigenvalue weighted by molar-refractivity contribution is 0.0925. The van der Waals surface area contributed by atoms with Crippen molar-refractivity contribution in [1.29, 1.82) is 0 Å². The molecule has 4 rings (SSSR count). The van der Waals surface area contributed by atoms with Crippen LogP contribution in [0.2, 0.25) is 0 Å². The van der Waals surface area contributed by atoms with E-state index in [0.717, 1.165) is 37.1 Å². The standard InChI is InChI=1S/C21H24N4O3/c1-3-13(2)18(26)17-19(27)16(28-21(17)24-25-9-4-5-10-25)11-14-12-23-20-15(14)7-6-8-22-20/h6-8,11-13,24,27H,3-5,9-10H2,1-2H3. The third kappa shape index (κ3) is 3.33. The summed E-state index contributed by atoms with van der Waals surface area (Å²) in [7, 11) is 0. The molecule has 2 aromatic heterocycles. The molecule has 0 aromatic carbocycles. The zero-order chi connectivity index (χ0) is 19.7. The van der Waals surface area contributed by atoms with Crippen LogP contribution in [0.4, 0.5) is 11.7 Å². The van der Waals surface area contributed by atoms with Crippen LogP contribution in [0.1, 0.15) is 54.8 Å². The third-order valence-electron chi connectivity index (χ3n) is 5.29. The van der Waals surface area contributed by atoms with Crippen LogP contribution in [0.25, 0.3) is 11.6 Å². The van der Waals surface area contributed by atoms with Gasteiger partial charge in [0.2, 0.25) is 5.88 Å². The normalized spacial score (nSPS) is 18.6. The number of nitrogens with zero attached hydrogens (tertiary/aromatic N) is 3. The van der Waals surface area contributed by atoms with Gasteiger partial charge in [-0.25, -0.2) is 15.0 Å². The molecule has 1 unspecified atom stereocenters. The van der Waals surface area contributed by atoms with Gasteiger partial charge in [-0.05, 0) is 37.5 Å². The number of Topliss-reactive ketones (excluding diaryl/α,β-unsaturated/α-hetero) is 1. The smallest absolute Gasteiger partial charge is 0.222 e. The molecule has 0 radical (unpaired) electrons. The highest BCUT2D eigenvalue weighted by atomic mass is 16.4. The number of carbonyl (C=O) groups is 1. The molecule has 2 aliphatic heterocycles. The van der Waals surface area contributed by atoms with Crippen molar-refractivity contribution in [2.24, 2.45) is 10.9 Å². The zero-order valence-corrected chi connectivity index (χ0v) is 16.1. The first-order valence-electron chi connectivity index (χ1n) is 9.71. The maximum atomic E-state index is 12.9. The van der Waals surface area contributed by atoms with Crippen LogP contribution < -0.4 is 5.43 Å². The van der Waals surface area contributed by atoms with Gasteiger partial charge in [-0.1, -0.05) is 13.8 Å². The van der Waals surface area contributed by atoms with E-state index in [9.17, 15) is 9.90 Å². The number of hydrogen-bond acceptors (Lipinski definition) is 7. The lowest BCUT2D eigenvalue weighted by Crippen LogP contribution is -2.27. The minimum absolute atomic E-state index is 0.128. The van der Waals surface area contributed by atoms with E-state index < -0.39 is 0 Å². The molecule has 28 heavy (non-hydrogen) atoms. The fourth-order valence-electron chi connectivity index (χ4n) is 3.43.